The van der Waals surface area contributed by atoms with E-state index in [4.69, 9.17) is 10.00 Å². The van der Waals surface area contributed by atoms with E-state index in [1.165, 1.54) is 0 Å². The maximum absolute atomic E-state index is 8.90. The maximum atomic E-state index is 8.90. The van der Waals surface area contributed by atoms with Crippen LogP contribution in [0.25, 0.3) is 0 Å². The number of hydrogen-bond donors (Lipinski definition) is 1. The molecular weight excluding hydrogens is 258 g/mol. The van der Waals surface area contributed by atoms with Crippen LogP contribution in [0.1, 0.15) is 29.5 Å². The molecule has 1 N–H and O–H groups in total. The monoisotopic (exact) mass is 275 g/mol. The molecule has 1 unspecified atom stereocenters. The fraction of sp³-hybridized carbons (Fsp3) is 0.429. The molecule has 0 aliphatic carbocycles. The van der Waals surface area contributed by atoms with E-state index >= 15 is 0 Å². The van der Waals surface area contributed by atoms with Crippen molar-refractivity contribution in [3.63, 3.8) is 0 Å². The molecule has 0 amide bonds. The first-order valence-electron chi connectivity index (χ1n) is 6.27. The number of nitrogens with one attached hydrogen (secondary N) is 1. The number of nitrogens with zero attached hydrogens (tertiary/aromatic N) is 2. The summed E-state index contributed by atoms with van der Waals surface area (Å²) in [6, 6.07) is 5.89. The van der Waals surface area contributed by atoms with Crippen LogP contribution < -0.4 is 10.2 Å². The van der Waals surface area contributed by atoms with E-state index in [9.17, 15) is 0 Å². The number of nitriles is 1. The van der Waals surface area contributed by atoms with Gasteiger partial charge in [-0.3, -0.25) is 5.43 Å². The third-order valence-corrected chi connectivity index (χ3v) is 3.84. The van der Waals surface area contributed by atoms with E-state index in [1.807, 2.05) is 31.5 Å². The van der Waals surface area contributed by atoms with Crippen molar-refractivity contribution in [1.82, 2.24) is 5.43 Å². The van der Waals surface area contributed by atoms with Crippen molar-refractivity contribution in [3.8, 4) is 11.8 Å². The van der Waals surface area contributed by atoms with Gasteiger partial charge in [-0.2, -0.15) is 10.4 Å². The average molecular weight is 275 g/mol. The van der Waals surface area contributed by atoms with Gasteiger partial charge in [-0.1, -0.05) is 11.8 Å². The van der Waals surface area contributed by atoms with Crippen molar-refractivity contribution in [1.29, 1.82) is 5.26 Å². The molecule has 1 heterocycles. The Bertz CT molecular complexity index is 491. The second kappa shape index (κ2) is 6.48. The molecule has 2 rings (SSSR count). The molecule has 0 saturated heterocycles. The largest absolute Gasteiger partial charge is 0.493 e. The number of hydrazone groups is 1. The molecule has 1 aromatic rings. The van der Waals surface area contributed by atoms with Gasteiger partial charge in [0.1, 0.15) is 5.75 Å². The first-order chi connectivity index (χ1) is 9.20. The molecule has 1 aromatic carbocycles. The van der Waals surface area contributed by atoms with E-state index < -0.39 is 0 Å². The van der Waals surface area contributed by atoms with Crippen LogP contribution in [0.2, 0.25) is 0 Å². The summed E-state index contributed by atoms with van der Waals surface area (Å²) < 4.78 is 5.84. The number of ether oxygens (including phenoxy) is 1. The third-order valence-electron chi connectivity index (χ3n) is 2.94. The first kappa shape index (κ1) is 13.8. The predicted octanol–water partition coefficient (Wildman–Crippen LogP) is 2.94. The number of hydrogen-bond acceptors (Lipinski definition) is 5. The number of rotatable bonds is 5. The minimum Gasteiger partial charge on any atom is -0.493 e. The lowest BCUT2D eigenvalue weighted by Crippen LogP contribution is -2.16. The summed E-state index contributed by atoms with van der Waals surface area (Å²) in [5, 5.41) is 13.2. The molecule has 0 fully saturated rings. The highest BCUT2D eigenvalue weighted by Gasteiger charge is 2.11. The molecule has 1 atom stereocenters. The van der Waals surface area contributed by atoms with Crippen molar-refractivity contribution < 1.29 is 4.74 Å². The first-order valence-corrected chi connectivity index (χ1v) is 7.21. The van der Waals surface area contributed by atoms with Gasteiger partial charge in [0.25, 0.3) is 0 Å². The summed E-state index contributed by atoms with van der Waals surface area (Å²) in [5.74, 6) is 0.905. The minimum atomic E-state index is 0.381. The lowest BCUT2D eigenvalue weighted by molar-refractivity contribution is 0.300. The third kappa shape index (κ3) is 3.65. The van der Waals surface area contributed by atoms with Crippen LogP contribution in [0.5, 0.6) is 5.75 Å². The van der Waals surface area contributed by atoms with Crippen LogP contribution in [0, 0.1) is 25.2 Å². The molecule has 0 aromatic heterocycles. The minimum absolute atomic E-state index is 0.381. The van der Waals surface area contributed by atoms with Crippen molar-refractivity contribution >= 4 is 17.3 Å². The van der Waals surface area contributed by atoms with Gasteiger partial charge in [-0.25, -0.2) is 0 Å². The van der Waals surface area contributed by atoms with Gasteiger partial charge in [0, 0.05) is 0 Å². The quantitative estimate of drug-likeness (QED) is 0.839. The molecule has 0 spiro atoms. The molecular formula is C14H17N3OS. The molecule has 4 nitrogen and oxygen atoms in total. The summed E-state index contributed by atoms with van der Waals surface area (Å²) >= 11 is 1.71. The van der Waals surface area contributed by atoms with Crippen LogP contribution in [-0.2, 0) is 0 Å². The van der Waals surface area contributed by atoms with E-state index in [-0.39, 0.29) is 0 Å². The lowest BCUT2D eigenvalue weighted by atomic mass is 10.1. The van der Waals surface area contributed by atoms with Crippen molar-refractivity contribution in [2.75, 3.05) is 6.61 Å². The highest BCUT2D eigenvalue weighted by Crippen LogP contribution is 2.25. The Balaban J connectivity index is 1.84. The number of aryl methyl sites for hydroxylation is 2. The smallest absolute Gasteiger partial charge is 0.125 e. The lowest BCUT2D eigenvalue weighted by Gasteiger charge is -2.13. The zero-order valence-electron chi connectivity index (χ0n) is 11.1. The predicted molar refractivity (Wildman–Crippen MR) is 78.4 cm³/mol. The standard InChI is InChI=1S/C14H17N3OS/c1-10-6-12(8-15)7-11(2)14(10)18-5-3-4-13-17-16-9-19-13/h6-7,9,13,17H,3-5H2,1-2H3. The highest BCUT2D eigenvalue weighted by molar-refractivity contribution is 8.12. The Morgan fingerprint density at radius 1 is 1.42 bits per heavy atom. The number of thioether (sulfide) groups is 1. The molecule has 5 heteroatoms. The normalized spacial score (nSPS) is 17.0. The molecule has 0 radical (unpaired) electrons. The summed E-state index contributed by atoms with van der Waals surface area (Å²) in [4.78, 5) is 0. The van der Waals surface area contributed by atoms with Gasteiger partial charge in [0.2, 0.25) is 0 Å². The fourth-order valence-corrected chi connectivity index (χ4v) is 2.76. The Hall–Kier alpha value is -1.67. The van der Waals surface area contributed by atoms with Crippen molar-refractivity contribution in [2.45, 2.75) is 32.1 Å². The fourth-order valence-electron chi connectivity index (χ4n) is 2.07. The van der Waals surface area contributed by atoms with Gasteiger partial charge in [0.15, 0.2) is 0 Å². The van der Waals surface area contributed by atoms with Crippen LogP contribution in [0.3, 0.4) is 0 Å². The molecule has 0 saturated carbocycles. The van der Waals surface area contributed by atoms with Gasteiger partial charge >= 0.3 is 0 Å². The maximum Gasteiger partial charge on any atom is 0.125 e. The summed E-state index contributed by atoms with van der Waals surface area (Å²) in [5.41, 5.74) is 7.60. The average Bonchev–Trinajstić information content (AvgIpc) is 2.89. The Kier molecular flexibility index (Phi) is 4.69. The van der Waals surface area contributed by atoms with Gasteiger partial charge in [-0.05, 0) is 49.9 Å². The number of benzene rings is 1. The Morgan fingerprint density at radius 2 is 2.16 bits per heavy atom. The molecule has 100 valence electrons. The zero-order valence-corrected chi connectivity index (χ0v) is 12.0. The molecule has 1 aliphatic heterocycles. The summed E-state index contributed by atoms with van der Waals surface area (Å²) in [6.45, 7) is 4.64. The van der Waals surface area contributed by atoms with Crippen molar-refractivity contribution in [3.05, 3.63) is 28.8 Å². The summed E-state index contributed by atoms with van der Waals surface area (Å²) in [6.07, 6.45) is 2.01. The molecule has 0 bridgehead atoms. The second-order valence-corrected chi connectivity index (χ2v) is 5.58. The van der Waals surface area contributed by atoms with E-state index in [2.05, 4.69) is 16.6 Å². The summed E-state index contributed by atoms with van der Waals surface area (Å²) in [7, 11) is 0. The van der Waals surface area contributed by atoms with Crippen LogP contribution in [-0.4, -0.2) is 17.5 Å². The van der Waals surface area contributed by atoms with Crippen molar-refractivity contribution in [2.24, 2.45) is 5.10 Å². The highest BCUT2D eigenvalue weighted by atomic mass is 32.2. The molecule has 19 heavy (non-hydrogen) atoms. The van der Waals surface area contributed by atoms with Crippen LogP contribution in [0.4, 0.5) is 0 Å². The molecule has 1 aliphatic rings. The van der Waals surface area contributed by atoms with Gasteiger partial charge in [-0.15, -0.1) is 0 Å². The van der Waals surface area contributed by atoms with Gasteiger partial charge in [0.05, 0.1) is 29.2 Å². The SMILES string of the molecule is Cc1cc(C#N)cc(C)c1OCCCC1NN=CS1. The Labute approximate surface area is 117 Å². The Morgan fingerprint density at radius 3 is 2.74 bits per heavy atom. The van der Waals surface area contributed by atoms with Gasteiger partial charge < -0.3 is 4.74 Å². The topological polar surface area (TPSA) is 57.4 Å². The second-order valence-electron chi connectivity index (χ2n) is 4.53. The van der Waals surface area contributed by atoms with E-state index in [0.29, 0.717) is 17.5 Å². The van der Waals surface area contributed by atoms with E-state index in [1.54, 1.807) is 11.8 Å². The van der Waals surface area contributed by atoms with Crippen LogP contribution in [0.15, 0.2) is 17.2 Å². The van der Waals surface area contributed by atoms with Crippen LogP contribution >= 0.6 is 11.8 Å². The zero-order chi connectivity index (χ0) is 13.7. The van der Waals surface area contributed by atoms with E-state index in [0.717, 1.165) is 29.7 Å².